The van der Waals surface area contributed by atoms with Crippen LogP contribution in [0.4, 0.5) is 8.78 Å². The van der Waals surface area contributed by atoms with Gasteiger partial charge in [-0.1, -0.05) is 29.7 Å². The summed E-state index contributed by atoms with van der Waals surface area (Å²) in [6.07, 6.45) is 7.18. The van der Waals surface area contributed by atoms with E-state index in [0.717, 1.165) is 49.8 Å². The van der Waals surface area contributed by atoms with Gasteiger partial charge in [0.2, 0.25) is 0 Å². The first-order valence-electron chi connectivity index (χ1n) is 6.43. The van der Waals surface area contributed by atoms with E-state index in [2.05, 4.69) is 11.5 Å². The first-order valence-corrected chi connectivity index (χ1v) is 6.80. The van der Waals surface area contributed by atoms with E-state index in [4.69, 9.17) is 17.4 Å². The molecular weight excluding hydrogens is 270 g/mol. The number of allylic oxidation sites excluding steroid dienone is 1. The molecule has 1 aliphatic rings. The summed E-state index contributed by atoms with van der Waals surface area (Å²) in [6, 6.07) is 1.62. The van der Waals surface area contributed by atoms with Gasteiger partial charge >= 0.3 is 0 Å². The highest BCUT2D eigenvalue weighted by Crippen LogP contribution is 2.32. The van der Waals surface area contributed by atoms with Crippen LogP contribution < -0.4 is 11.3 Å². The van der Waals surface area contributed by atoms with E-state index in [0.29, 0.717) is 0 Å². The Kier molecular flexibility index (Phi) is 4.91. The van der Waals surface area contributed by atoms with Gasteiger partial charge in [-0.2, -0.15) is 0 Å². The Hall–Kier alpha value is -0.970. The molecule has 0 amide bonds. The largest absolute Gasteiger partial charge is 0.271 e. The molecule has 1 atom stereocenters. The van der Waals surface area contributed by atoms with Crippen molar-refractivity contribution < 1.29 is 8.78 Å². The lowest BCUT2D eigenvalue weighted by atomic mass is 9.95. The van der Waals surface area contributed by atoms with E-state index in [-0.39, 0.29) is 10.6 Å². The summed E-state index contributed by atoms with van der Waals surface area (Å²) in [7, 11) is 0. The molecule has 0 fully saturated rings. The van der Waals surface area contributed by atoms with Crippen molar-refractivity contribution in [3.05, 3.63) is 46.0 Å². The van der Waals surface area contributed by atoms with Gasteiger partial charge in [0, 0.05) is 5.56 Å². The third kappa shape index (κ3) is 3.32. The molecule has 0 heterocycles. The molecule has 1 aromatic carbocycles. The molecule has 0 radical (unpaired) electrons. The van der Waals surface area contributed by atoms with Crippen molar-refractivity contribution in [1.82, 2.24) is 5.43 Å². The van der Waals surface area contributed by atoms with Crippen molar-refractivity contribution in [2.24, 2.45) is 5.84 Å². The normalized spacial score (nSPS) is 17.8. The third-order valence-corrected chi connectivity index (χ3v) is 3.75. The van der Waals surface area contributed by atoms with Gasteiger partial charge < -0.3 is 0 Å². The van der Waals surface area contributed by atoms with Gasteiger partial charge in [0.05, 0.1) is 11.1 Å². The highest BCUT2D eigenvalue weighted by molar-refractivity contribution is 6.30. The van der Waals surface area contributed by atoms with Crippen molar-refractivity contribution >= 4 is 11.6 Å². The first-order chi connectivity index (χ1) is 9.13. The van der Waals surface area contributed by atoms with Crippen LogP contribution in [0.25, 0.3) is 0 Å². The van der Waals surface area contributed by atoms with Crippen molar-refractivity contribution in [1.29, 1.82) is 0 Å². The monoisotopic (exact) mass is 286 g/mol. The summed E-state index contributed by atoms with van der Waals surface area (Å²) in [6.45, 7) is 0. The topological polar surface area (TPSA) is 38.0 Å². The molecule has 0 bridgehead atoms. The van der Waals surface area contributed by atoms with E-state index in [1.807, 2.05) is 0 Å². The molecule has 104 valence electrons. The van der Waals surface area contributed by atoms with Crippen LogP contribution in [0.15, 0.2) is 23.8 Å². The summed E-state index contributed by atoms with van der Waals surface area (Å²) in [5.41, 5.74) is 3.81. The Morgan fingerprint density at radius 2 is 1.95 bits per heavy atom. The van der Waals surface area contributed by atoms with Gasteiger partial charge in [0.1, 0.15) is 11.6 Å². The van der Waals surface area contributed by atoms with Crippen molar-refractivity contribution in [3.8, 4) is 0 Å². The quantitative estimate of drug-likeness (QED) is 0.381. The van der Waals surface area contributed by atoms with E-state index < -0.39 is 17.7 Å². The molecule has 5 heteroatoms. The van der Waals surface area contributed by atoms with Gasteiger partial charge in [-0.15, -0.1) is 0 Å². The predicted octanol–water partition coefficient (Wildman–Crippen LogP) is 4.01. The molecular formula is C14H17ClF2N2. The van der Waals surface area contributed by atoms with E-state index in [1.165, 1.54) is 0 Å². The lowest BCUT2D eigenvalue weighted by Gasteiger charge is -2.20. The summed E-state index contributed by atoms with van der Waals surface area (Å²) < 4.78 is 27.5. The van der Waals surface area contributed by atoms with E-state index in [1.54, 1.807) is 0 Å². The fourth-order valence-electron chi connectivity index (χ4n) is 2.46. The number of nitrogens with two attached hydrogens (primary N) is 1. The number of hydrazine groups is 1. The van der Waals surface area contributed by atoms with Gasteiger partial charge in [0.25, 0.3) is 0 Å². The lowest BCUT2D eigenvalue weighted by Crippen LogP contribution is -2.30. The minimum Gasteiger partial charge on any atom is -0.271 e. The lowest BCUT2D eigenvalue weighted by molar-refractivity contribution is 0.530. The van der Waals surface area contributed by atoms with Crippen molar-refractivity contribution in [2.75, 3.05) is 0 Å². The second-order valence-corrected chi connectivity index (χ2v) is 5.17. The Labute approximate surface area is 116 Å². The number of hydrogen-bond donors (Lipinski definition) is 2. The fraction of sp³-hybridized carbons (Fsp3) is 0.429. The Morgan fingerprint density at radius 3 is 2.68 bits per heavy atom. The number of halogens is 3. The zero-order valence-electron chi connectivity index (χ0n) is 10.6. The van der Waals surface area contributed by atoms with Gasteiger partial charge in [0.15, 0.2) is 0 Å². The summed E-state index contributed by atoms with van der Waals surface area (Å²) in [5, 5.41) is -0.216. The molecule has 1 aliphatic carbocycles. The summed E-state index contributed by atoms with van der Waals surface area (Å²) >= 11 is 5.56. The Balaban J connectivity index is 2.36. The highest BCUT2D eigenvalue weighted by atomic mass is 35.5. The van der Waals surface area contributed by atoms with Crippen molar-refractivity contribution in [2.45, 2.75) is 38.1 Å². The smallest absolute Gasteiger partial charge is 0.142 e. The maximum Gasteiger partial charge on any atom is 0.142 e. The summed E-state index contributed by atoms with van der Waals surface area (Å²) in [4.78, 5) is 0. The first kappa shape index (κ1) is 14.4. The molecule has 2 nitrogen and oxygen atoms in total. The summed E-state index contributed by atoms with van der Waals surface area (Å²) in [5.74, 6) is 4.36. The Morgan fingerprint density at radius 1 is 1.16 bits per heavy atom. The second-order valence-electron chi connectivity index (χ2n) is 4.77. The van der Waals surface area contributed by atoms with Crippen LogP contribution in [-0.2, 0) is 0 Å². The molecule has 0 saturated heterocycles. The van der Waals surface area contributed by atoms with Gasteiger partial charge in [-0.25, -0.2) is 14.2 Å². The minimum atomic E-state index is -0.632. The van der Waals surface area contributed by atoms with Crippen LogP contribution in [0.5, 0.6) is 0 Å². The second kappa shape index (κ2) is 6.46. The Bertz CT molecular complexity index is 489. The zero-order valence-corrected chi connectivity index (χ0v) is 11.3. The maximum atomic E-state index is 14.0. The predicted molar refractivity (Wildman–Crippen MR) is 72.6 cm³/mol. The van der Waals surface area contributed by atoms with Crippen LogP contribution in [-0.4, -0.2) is 0 Å². The van der Waals surface area contributed by atoms with E-state index in [9.17, 15) is 8.78 Å². The number of rotatable bonds is 3. The zero-order chi connectivity index (χ0) is 13.8. The third-order valence-electron chi connectivity index (χ3n) is 3.46. The van der Waals surface area contributed by atoms with Crippen LogP contribution >= 0.6 is 11.6 Å². The standard InChI is InChI=1S/C14H17ClF2N2/c15-11-8-12(16)10(7-13(11)17)14(19-18)9-5-3-1-2-4-6-9/h5,7-8,14,19H,1-4,6,18H2. The van der Waals surface area contributed by atoms with Crippen LogP contribution in [0.1, 0.15) is 43.7 Å². The molecule has 0 aromatic heterocycles. The average molecular weight is 287 g/mol. The van der Waals surface area contributed by atoms with Gasteiger partial charge in [-0.3, -0.25) is 5.84 Å². The fourth-order valence-corrected chi connectivity index (χ4v) is 2.61. The number of nitrogens with one attached hydrogen (secondary N) is 1. The minimum absolute atomic E-state index is 0.206. The molecule has 1 aromatic rings. The molecule has 0 aliphatic heterocycles. The molecule has 19 heavy (non-hydrogen) atoms. The van der Waals surface area contributed by atoms with Crippen LogP contribution in [0, 0.1) is 11.6 Å². The number of benzene rings is 1. The highest BCUT2D eigenvalue weighted by Gasteiger charge is 2.21. The van der Waals surface area contributed by atoms with Crippen LogP contribution in [0.3, 0.4) is 0 Å². The molecule has 3 N–H and O–H groups in total. The number of hydrogen-bond acceptors (Lipinski definition) is 2. The molecule has 0 saturated carbocycles. The van der Waals surface area contributed by atoms with Crippen molar-refractivity contribution in [3.63, 3.8) is 0 Å². The molecule has 1 unspecified atom stereocenters. The molecule has 0 spiro atoms. The SMILES string of the molecule is NNC(C1=CCCCCC1)c1cc(F)c(Cl)cc1F. The maximum absolute atomic E-state index is 14.0. The molecule has 2 rings (SSSR count). The van der Waals surface area contributed by atoms with Crippen LogP contribution in [0.2, 0.25) is 5.02 Å². The van der Waals surface area contributed by atoms with E-state index >= 15 is 0 Å². The van der Waals surface area contributed by atoms with Gasteiger partial charge in [-0.05, 0) is 37.8 Å². The average Bonchev–Trinajstić information content (AvgIpc) is 2.65.